The predicted octanol–water partition coefficient (Wildman–Crippen LogP) is 5.37. The van der Waals surface area contributed by atoms with Gasteiger partial charge in [-0.3, -0.25) is 19.1 Å². The summed E-state index contributed by atoms with van der Waals surface area (Å²) in [5.74, 6) is -10.0. The molecule has 0 unspecified atom stereocenters. The maximum atomic E-state index is 16.0. The fraction of sp³-hybridized carbons (Fsp3) is 0.659. The summed E-state index contributed by atoms with van der Waals surface area (Å²) in [5, 5.41) is 5.01. The fourth-order valence-electron chi connectivity index (χ4n) is 7.67. The zero-order chi connectivity index (χ0) is 45.0. The van der Waals surface area contributed by atoms with Crippen LogP contribution in [0.3, 0.4) is 0 Å². The average Bonchev–Trinajstić information content (AvgIpc) is 4.14. The van der Waals surface area contributed by atoms with E-state index in [0.717, 1.165) is 4.90 Å². The number of carbonyl (C=O) groups excluding carboxylic acids is 4. The third-order valence-electron chi connectivity index (χ3n) is 12.2. The predicted molar refractivity (Wildman–Crippen MR) is 213 cm³/mol. The molecule has 8 atom stereocenters. The number of amides is 4. The number of alkyl halides is 4. The Kier molecular flexibility index (Phi) is 12.4. The normalized spacial score (nSPS) is 27.4. The number of methoxy groups -OCH3 is 1. The van der Waals surface area contributed by atoms with E-state index in [1.807, 2.05) is 11.6 Å². The van der Waals surface area contributed by atoms with Crippen molar-refractivity contribution in [1.29, 1.82) is 0 Å². The lowest BCUT2D eigenvalue weighted by atomic mass is 9.85. The van der Waals surface area contributed by atoms with Gasteiger partial charge in [-0.2, -0.15) is 8.78 Å². The maximum absolute atomic E-state index is 16.0. The van der Waals surface area contributed by atoms with Gasteiger partial charge in [0, 0.05) is 12.0 Å². The molecule has 336 valence electrons. The molecule has 1 aromatic carbocycles. The lowest BCUT2D eigenvalue weighted by Gasteiger charge is -2.36. The van der Waals surface area contributed by atoms with Crippen LogP contribution >= 0.6 is 0 Å². The minimum absolute atomic E-state index is 0.0300. The van der Waals surface area contributed by atoms with Gasteiger partial charge in [0.1, 0.15) is 35.6 Å². The van der Waals surface area contributed by atoms with Crippen molar-refractivity contribution < 1.29 is 59.4 Å². The molecule has 61 heavy (non-hydrogen) atoms. The molecule has 4 fully saturated rings. The van der Waals surface area contributed by atoms with E-state index in [1.165, 1.54) is 38.3 Å². The summed E-state index contributed by atoms with van der Waals surface area (Å²) in [5.41, 5.74) is -4.04. The van der Waals surface area contributed by atoms with Gasteiger partial charge in [-0.05, 0) is 75.0 Å². The summed E-state index contributed by atoms with van der Waals surface area (Å²) in [6.45, 7) is 11.1. The minimum Gasteiger partial charge on any atom is -0.497 e. The van der Waals surface area contributed by atoms with Gasteiger partial charge in [0.25, 0.3) is 5.91 Å². The molecule has 4 amide bonds. The molecule has 20 heteroatoms. The summed E-state index contributed by atoms with van der Waals surface area (Å²) < 4.78 is 105. The van der Waals surface area contributed by atoms with Crippen molar-refractivity contribution in [2.75, 3.05) is 13.7 Å². The number of nitrogens with one attached hydrogen (secondary N) is 3. The highest BCUT2D eigenvalue weighted by molar-refractivity contribution is 7.91. The van der Waals surface area contributed by atoms with Crippen LogP contribution in [0.5, 0.6) is 11.6 Å². The molecule has 3 aliphatic carbocycles. The zero-order valence-corrected chi connectivity index (χ0v) is 36.2. The number of allylic oxidation sites excluding steroid dienone is 2. The van der Waals surface area contributed by atoms with Gasteiger partial charge in [-0.1, -0.05) is 47.6 Å². The third-order valence-corrected chi connectivity index (χ3v) is 14.3. The SMILES string of the molecule is CC/C=C/C(F)(F)c1nc2ccc(OC)cc2nc1O[C@H]1CN(C(=O)[C@@H](NC(=O)O[C@@H]2C[C@H]2C)C(C)(C)C)[C@H](C(=O)N[C@]2(C(=O)NS(=O)(=O)C3(C)CC3)C[C@H]2C(F)F)[C@@H]1CC. The summed E-state index contributed by atoms with van der Waals surface area (Å²) in [4.78, 5) is 66.0. The molecule has 0 spiro atoms. The second-order valence-corrected chi connectivity index (χ2v) is 20.1. The Balaban J connectivity index is 1.41. The molecule has 1 saturated heterocycles. The number of alkyl carbamates (subject to hydrolysis) is 1. The van der Waals surface area contributed by atoms with Crippen LogP contribution in [-0.4, -0.2) is 102 Å². The van der Waals surface area contributed by atoms with Crippen LogP contribution in [0.4, 0.5) is 22.4 Å². The number of carbonyl (C=O) groups is 4. The van der Waals surface area contributed by atoms with Gasteiger partial charge in [0.2, 0.25) is 34.1 Å². The molecule has 2 heterocycles. The summed E-state index contributed by atoms with van der Waals surface area (Å²) in [6, 6.07) is 1.45. The first-order valence-corrected chi connectivity index (χ1v) is 21.9. The molecule has 1 aliphatic heterocycles. The van der Waals surface area contributed by atoms with Crippen LogP contribution in [0.2, 0.25) is 0 Å². The van der Waals surface area contributed by atoms with Gasteiger partial charge in [-0.15, -0.1) is 0 Å². The summed E-state index contributed by atoms with van der Waals surface area (Å²) in [7, 11) is -2.92. The van der Waals surface area contributed by atoms with E-state index < -0.39 is 116 Å². The van der Waals surface area contributed by atoms with Crippen LogP contribution in [0.15, 0.2) is 30.4 Å². The Morgan fingerprint density at radius 1 is 1.07 bits per heavy atom. The van der Waals surface area contributed by atoms with E-state index in [2.05, 4.69) is 20.6 Å². The van der Waals surface area contributed by atoms with Crippen LogP contribution in [0.25, 0.3) is 11.0 Å². The molecule has 2 aromatic rings. The molecular weight excluding hydrogens is 829 g/mol. The zero-order valence-electron chi connectivity index (χ0n) is 35.4. The lowest BCUT2D eigenvalue weighted by molar-refractivity contribution is -0.144. The molecule has 4 aliphatic rings. The van der Waals surface area contributed by atoms with Crippen LogP contribution in [-0.2, 0) is 35.1 Å². The number of nitrogens with zero attached hydrogens (tertiary/aromatic N) is 3. The molecular formula is C41H54F4N6O9S. The van der Waals surface area contributed by atoms with E-state index in [1.54, 1.807) is 34.6 Å². The van der Waals surface area contributed by atoms with Crippen molar-refractivity contribution in [3.05, 3.63) is 36.0 Å². The van der Waals surface area contributed by atoms with E-state index in [0.29, 0.717) is 18.2 Å². The molecule has 3 saturated carbocycles. The number of rotatable bonds is 16. The number of likely N-dealkylation sites (tertiary alicyclic amines) is 1. The van der Waals surface area contributed by atoms with Gasteiger partial charge in [0.15, 0.2) is 5.69 Å². The topological polar surface area (TPSA) is 195 Å². The number of hydrogen-bond donors (Lipinski definition) is 3. The number of aromatic nitrogens is 2. The molecule has 1 aromatic heterocycles. The standard InChI is InChI=1S/C41H54F4N6O9S/c1-9-11-14-41(44,45)30-34(47-26-18-22(58-8)12-13-25(26)46-30)59-28-20-51(35(53)31(38(4,5)6)48-37(55)60-27-17-21(27)3)29(23(28)10-2)33(52)49-40(19-24(40)32(42)43)36(54)50-61(56,57)39(7)15-16-39/h11-14,18,21,23-24,27-29,31-32H,9-10,15-17,19-20H2,1-8H3,(H,48,55)(H,49,52)(H,50,54)/b14-11+/t21-,23-,24+,27-,28+,29+,31-,40-/m1/s1. The Morgan fingerprint density at radius 2 is 1.74 bits per heavy atom. The van der Waals surface area contributed by atoms with Gasteiger partial charge in [0.05, 0.1) is 35.4 Å². The van der Waals surface area contributed by atoms with Gasteiger partial charge < -0.3 is 29.7 Å². The molecule has 6 rings (SSSR count). The van der Waals surface area contributed by atoms with Gasteiger partial charge in [-0.25, -0.2) is 32.0 Å². The first-order chi connectivity index (χ1) is 28.4. The molecule has 0 radical (unpaired) electrons. The Bertz CT molecular complexity index is 2200. The second-order valence-electron chi connectivity index (χ2n) is 17.9. The average molecular weight is 883 g/mol. The highest BCUT2D eigenvalue weighted by Gasteiger charge is 2.68. The van der Waals surface area contributed by atoms with Crippen molar-refractivity contribution in [1.82, 2.24) is 30.2 Å². The maximum Gasteiger partial charge on any atom is 0.408 e. The number of ether oxygens (including phenoxy) is 3. The van der Waals surface area contributed by atoms with Crippen LogP contribution < -0.4 is 24.8 Å². The van der Waals surface area contributed by atoms with Crippen molar-refractivity contribution in [3.63, 3.8) is 0 Å². The third kappa shape index (κ3) is 9.23. The monoisotopic (exact) mass is 882 g/mol. The summed E-state index contributed by atoms with van der Waals surface area (Å²) >= 11 is 0. The number of hydrogen-bond acceptors (Lipinski definition) is 11. The van der Waals surface area contributed by atoms with Crippen LogP contribution in [0, 0.1) is 23.2 Å². The quantitative estimate of drug-likeness (QED) is 0.145. The number of halogens is 4. The Morgan fingerprint density at radius 3 is 2.28 bits per heavy atom. The smallest absolute Gasteiger partial charge is 0.408 e. The summed E-state index contributed by atoms with van der Waals surface area (Å²) in [6.07, 6.45) is -2.99. The first-order valence-electron chi connectivity index (χ1n) is 20.4. The van der Waals surface area contributed by atoms with Crippen LogP contribution in [0.1, 0.15) is 92.7 Å². The first kappa shape index (κ1) is 45.8. The highest BCUT2D eigenvalue weighted by Crippen LogP contribution is 2.50. The Labute approximate surface area is 352 Å². The molecule has 3 N–H and O–H groups in total. The van der Waals surface area contributed by atoms with Gasteiger partial charge >= 0.3 is 12.0 Å². The highest BCUT2D eigenvalue weighted by atomic mass is 32.2. The lowest BCUT2D eigenvalue weighted by Crippen LogP contribution is -2.61. The minimum atomic E-state index is -4.32. The Hall–Kier alpha value is -4.75. The van der Waals surface area contributed by atoms with Crippen molar-refractivity contribution in [3.8, 4) is 11.6 Å². The van der Waals surface area contributed by atoms with Crippen molar-refractivity contribution >= 4 is 44.9 Å². The number of sulfonamides is 1. The van der Waals surface area contributed by atoms with E-state index in [-0.39, 0.29) is 48.7 Å². The fourth-order valence-corrected chi connectivity index (χ4v) is 8.98. The molecule has 0 bridgehead atoms. The number of fused-ring (bicyclic) bond motifs is 1. The number of benzene rings is 1. The largest absolute Gasteiger partial charge is 0.497 e. The van der Waals surface area contributed by atoms with Crippen molar-refractivity contribution in [2.24, 2.45) is 23.2 Å². The second kappa shape index (κ2) is 16.5. The molecule has 15 nitrogen and oxygen atoms in total. The van der Waals surface area contributed by atoms with Crippen molar-refractivity contribution in [2.45, 2.75) is 134 Å². The van der Waals surface area contributed by atoms with E-state index in [4.69, 9.17) is 14.2 Å². The van der Waals surface area contributed by atoms with E-state index >= 15 is 8.78 Å². The van der Waals surface area contributed by atoms with E-state index in [9.17, 15) is 36.4 Å².